The van der Waals surface area contributed by atoms with Crippen LogP contribution in [0.5, 0.6) is 0 Å². The molecule has 0 saturated carbocycles. The summed E-state index contributed by atoms with van der Waals surface area (Å²) < 4.78 is 0. The second kappa shape index (κ2) is 4.92. The summed E-state index contributed by atoms with van der Waals surface area (Å²) in [5, 5.41) is 21.5. The van der Waals surface area contributed by atoms with E-state index in [-0.39, 0.29) is 5.69 Å². The third kappa shape index (κ3) is 2.28. The van der Waals surface area contributed by atoms with Crippen LogP contribution in [0.3, 0.4) is 0 Å². The number of hydrogen-bond donors (Lipinski definition) is 3. The summed E-state index contributed by atoms with van der Waals surface area (Å²) in [7, 11) is 0. The first kappa shape index (κ1) is 13.4. The highest BCUT2D eigenvalue weighted by molar-refractivity contribution is 7.80. The van der Waals surface area contributed by atoms with Crippen molar-refractivity contribution in [1.29, 1.82) is 0 Å². The van der Waals surface area contributed by atoms with Gasteiger partial charge in [-0.15, -0.1) is 6.58 Å². The zero-order chi connectivity index (χ0) is 14.0. The summed E-state index contributed by atoms with van der Waals surface area (Å²) in [6.45, 7) is 3.92. The first-order valence-corrected chi connectivity index (χ1v) is 5.83. The average molecular weight is 280 g/mol. The molecular weight excluding hydrogens is 268 g/mol. The van der Waals surface area contributed by atoms with Crippen LogP contribution in [0.15, 0.2) is 36.9 Å². The molecule has 0 amide bonds. The lowest BCUT2D eigenvalue weighted by Crippen LogP contribution is -2.49. The van der Waals surface area contributed by atoms with Gasteiger partial charge in [-0.1, -0.05) is 6.08 Å². The molecule has 1 aromatic carbocycles. The van der Waals surface area contributed by atoms with E-state index in [2.05, 4.69) is 17.4 Å². The fourth-order valence-corrected chi connectivity index (χ4v) is 2.07. The van der Waals surface area contributed by atoms with Crippen LogP contribution in [0.4, 0.5) is 5.69 Å². The maximum Gasteiger partial charge on any atom is 0.269 e. The lowest BCUT2D eigenvalue weighted by Gasteiger charge is -2.31. The molecule has 0 aliphatic carbocycles. The molecule has 19 heavy (non-hydrogen) atoms. The van der Waals surface area contributed by atoms with Crippen LogP contribution in [-0.2, 0) is 5.85 Å². The van der Waals surface area contributed by atoms with E-state index in [0.29, 0.717) is 17.2 Å². The van der Waals surface area contributed by atoms with E-state index in [1.54, 1.807) is 6.08 Å². The van der Waals surface area contributed by atoms with Gasteiger partial charge in [-0.25, -0.2) is 0 Å². The van der Waals surface area contributed by atoms with Crippen molar-refractivity contribution in [3.8, 4) is 0 Å². The predicted molar refractivity (Wildman–Crippen MR) is 72.8 cm³/mol. The molecule has 1 fully saturated rings. The van der Waals surface area contributed by atoms with E-state index in [1.807, 2.05) is 0 Å². The molecule has 1 atom stereocenters. The van der Waals surface area contributed by atoms with Gasteiger partial charge in [0.1, 0.15) is 0 Å². The zero-order valence-corrected chi connectivity index (χ0v) is 10.7. The van der Waals surface area contributed by atoms with Gasteiger partial charge in [-0.05, 0) is 24.4 Å². The van der Waals surface area contributed by atoms with Crippen LogP contribution in [-0.4, -0.2) is 26.6 Å². The number of benzene rings is 1. The molecule has 1 aliphatic rings. The number of nitro groups is 1. The van der Waals surface area contributed by atoms with Crippen molar-refractivity contribution < 1.29 is 10.0 Å². The average Bonchev–Trinajstić information content (AvgIpc) is 2.69. The second-order valence-corrected chi connectivity index (χ2v) is 4.32. The van der Waals surface area contributed by atoms with Crippen LogP contribution in [0.1, 0.15) is 5.56 Å². The second-order valence-electron chi connectivity index (χ2n) is 3.93. The number of nitro benzene ring substituents is 1. The Balaban J connectivity index is 2.35. The van der Waals surface area contributed by atoms with E-state index in [4.69, 9.17) is 12.2 Å². The molecule has 1 unspecified atom stereocenters. The maximum absolute atomic E-state index is 10.6. The number of hydrogen-bond acceptors (Lipinski definition) is 5. The Labute approximate surface area is 114 Å². The Morgan fingerprint density at radius 2 is 2.16 bits per heavy atom. The van der Waals surface area contributed by atoms with E-state index < -0.39 is 10.8 Å². The SMILES string of the molecule is C=CCN1C(=S)NNC1(O)c1ccc([N+](=O)[O-])cc1. The Bertz CT molecular complexity index is 533. The number of thiocarbonyl (C=S) groups is 1. The fraction of sp³-hybridized carbons (Fsp3) is 0.182. The van der Waals surface area contributed by atoms with Crippen molar-refractivity contribution in [2.24, 2.45) is 0 Å². The van der Waals surface area contributed by atoms with Crippen LogP contribution < -0.4 is 10.9 Å². The molecule has 0 bridgehead atoms. The van der Waals surface area contributed by atoms with Gasteiger partial charge >= 0.3 is 0 Å². The van der Waals surface area contributed by atoms with Crippen LogP contribution in [0.25, 0.3) is 0 Å². The summed E-state index contributed by atoms with van der Waals surface area (Å²) in [6, 6.07) is 5.58. The number of aliphatic hydroxyl groups is 1. The summed E-state index contributed by atoms with van der Waals surface area (Å²) >= 11 is 5.06. The topological polar surface area (TPSA) is 90.7 Å². The molecule has 1 aromatic rings. The molecule has 7 nitrogen and oxygen atoms in total. The van der Waals surface area contributed by atoms with Gasteiger partial charge in [0.05, 0.1) is 4.92 Å². The van der Waals surface area contributed by atoms with E-state index in [1.165, 1.54) is 29.2 Å². The molecule has 0 spiro atoms. The first-order chi connectivity index (χ1) is 8.99. The van der Waals surface area contributed by atoms with Crippen LogP contribution in [0, 0.1) is 10.1 Å². The smallest absolute Gasteiger partial charge is 0.269 e. The molecule has 3 N–H and O–H groups in total. The molecule has 0 aromatic heterocycles. The number of rotatable bonds is 4. The summed E-state index contributed by atoms with van der Waals surface area (Å²) in [4.78, 5) is 11.6. The van der Waals surface area contributed by atoms with Gasteiger partial charge in [0.15, 0.2) is 5.11 Å². The third-order valence-corrected chi connectivity index (χ3v) is 3.09. The molecule has 100 valence electrons. The van der Waals surface area contributed by atoms with E-state index in [0.717, 1.165) is 0 Å². The quantitative estimate of drug-likeness (QED) is 0.321. The van der Waals surface area contributed by atoms with Crippen molar-refractivity contribution in [3.05, 3.63) is 52.6 Å². The number of nitrogens with one attached hydrogen (secondary N) is 2. The van der Waals surface area contributed by atoms with Crippen molar-refractivity contribution in [1.82, 2.24) is 15.8 Å². The minimum Gasteiger partial charge on any atom is -0.353 e. The predicted octanol–water partition coefficient (Wildman–Crippen LogP) is 0.578. The highest BCUT2D eigenvalue weighted by atomic mass is 32.1. The minimum atomic E-state index is -1.56. The lowest BCUT2D eigenvalue weighted by molar-refractivity contribution is -0.384. The number of non-ortho nitro benzene ring substituents is 1. The van der Waals surface area contributed by atoms with Crippen molar-refractivity contribution >= 4 is 23.0 Å². The summed E-state index contributed by atoms with van der Waals surface area (Å²) in [5.41, 5.74) is 5.70. The first-order valence-electron chi connectivity index (χ1n) is 5.42. The van der Waals surface area contributed by atoms with Crippen molar-refractivity contribution in [3.63, 3.8) is 0 Å². The van der Waals surface area contributed by atoms with Crippen LogP contribution in [0.2, 0.25) is 0 Å². The number of nitrogens with zero attached hydrogens (tertiary/aromatic N) is 2. The molecule has 1 aliphatic heterocycles. The monoisotopic (exact) mass is 280 g/mol. The molecule has 8 heteroatoms. The zero-order valence-electron chi connectivity index (χ0n) is 9.87. The highest BCUT2D eigenvalue weighted by Gasteiger charge is 2.42. The Morgan fingerprint density at radius 1 is 1.53 bits per heavy atom. The molecule has 0 radical (unpaired) electrons. The fourth-order valence-electron chi connectivity index (χ4n) is 1.81. The summed E-state index contributed by atoms with van der Waals surface area (Å²) in [5.74, 6) is -1.56. The van der Waals surface area contributed by atoms with E-state index >= 15 is 0 Å². The maximum atomic E-state index is 10.6. The van der Waals surface area contributed by atoms with Gasteiger partial charge in [-0.2, -0.15) is 5.43 Å². The normalized spacial score (nSPS) is 22.2. The Kier molecular flexibility index (Phi) is 3.47. The van der Waals surface area contributed by atoms with Crippen molar-refractivity contribution in [2.45, 2.75) is 5.85 Å². The highest BCUT2D eigenvalue weighted by Crippen LogP contribution is 2.27. The Morgan fingerprint density at radius 3 is 2.68 bits per heavy atom. The van der Waals surface area contributed by atoms with Gasteiger partial charge in [-0.3, -0.25) is 20.4 Å². The largest absolute Gasteiger partial charge is 0.353 e. The van der Waals surface area contributed by atoms with Gasteiger partial charge in [0.25, 0.3) is 5.69 Å². The Hall–Kier alpha value is -2.03. The molecule has 1 heterocycles. The van der Waals surface area contributed by atoms with Gasteiger partial charge in [0, 0.05) is 24.2 Å². The van der Waals surface area contributed by atoms with E-state index in [9.17, 15) is 15.2 Å². The van der Waals surface area contributed by atoms with Gasteiger partial charge < -0.3 is 5.11 Å². The molecule has 1 saturated heterocycles. The third-order valence-electron chi connectivity index (χ3n) is 2.77. The number of hydrazine groups is 1. The molecular formula is C11H12N4O3S. The molecule has 2 rings (SSSR count). The standard InChI is InChI=1S/C11H12N4O3S/c1-2-7-14-10(19)12-13-11(14,16)8-3-5-9(6-4-8)15(17)18/h2-6,13,16H,1,7H2,(H,12,19). The lowest BCUT2D eigenvalue weighted by atomic mass is 10.1. The minimum absolute atomic E-state index is 0.0452. The summed E-state index contributed by atoms with van der Waals surface area (Å²) in [6.07, 6.45) is 1.59. The van der Waals surface area contributed by atoms with Crippen LogP contribution >= 0.6 is 12.2 Å². The van der Waals surface area contributed by atoms with Gasteiger partial charge in [0.2, 0.25) is 5.85 Å². The van der Waals surface area contributed by atoms with Crippen molar-refractivity contribution in [2.75, 3.05) is 6.54 Å².